The standard InChI is InChI=1S/C10H13NO/c1-7-4-9-5-8(6-11)2-3-10(9)12-7/h8-10H,1-5H2. The van der Waals surface area contributed by atoms with Gasteiger partial charge in [0.05, 0.1) is 11.8 Å². The van der Waals surface area contributed by atoms with Crippen molar-refractivity contribution in [1.29, 1.82) is 5.26 Å². The second kappa shape index (κ2) is 2.82. The number of allylic oxidation sites excluding steroid dienone is 1. The van der Waals surface area contributed by atoms with Gasteiger partial charge in [-0.05, 0) is 19.3 Å². The van der Waals surface area contributed by atoms with Crippen LogP contribution in [-0.2, 0) is 4.74 Å². The first-order valence-electron chi connectivity index (χ1n) is 4.53. The molecule has 1 saturated carbocycles. The van der Waals surface area contributed by atoms with Gasteiger partial charge in [-0.1, -0.05) is 6.58 Å². The fourth-order valence-corrected chi connectivity index (χ4v) is 2.28. The van der Waals surface area contributed by atoms with E-state index in [1.807, 2.05) is 0 Å². The van der Waals surface area contributed by atoms with Crippen molar-refractivity contribution in [2.75, 3.05) is 0 Å². The van der Waals surface area contributed by atoms with Gasteiger partial charge in [-0.25, -0.2) is 0 Å². The first kappa shape index (κ1) is 7.67. The van der Waals surface area contributed by atoms with E-state index in [0.717, 1.165) is 31.4 Å². The highest BCUT2D eigenvalue weighted by Gasteiger charge is 2.36. The molecule has 0 aromatic heterocycles. The van der Waals surface area contributed by atoms with Crippen molar-refractivity contribution in [3.63, 3.8) is 0 Å². The lowest BCUT2D eigenvalue weighted by atomic mass is 9.80. The molecule has 0 spiro atoms. The molecule has 0 N–H and O–H groups in total. The summed E-state index contributed by atoms with van der Waals surface area (Å²) in [5.74, 6) is 1.76. The maximum atomic E-state index is 8.76. The number of nitriles is 1. The van der Waals surface area contributed by atoms with Crippen LogP contribution in [0.3, 0.4) is 0 Å². The average molecular weight is 163 g/mol. The molecule has 12 heavy (non-hydrogen) atoms. The van der Waals surface area contributed by atoms with Gasteiger partial charge in [0, 0.05) is 18.3 Å². The summed E-state index contributed by atoms with van der Waals surface area (Å²) in [6.07, 6.45) is 4.41. The average Bonchev–Trinajstić information content (AvgIpc) is 2.43. The van der Waals surface area contributed by atoms with Crippen molar-refractivity contribution in [1.82, 2.24) is 0 Å². The van der Waals surface area contributed by atoms with Crippen LogP contribution in [0, 0.1) is 23.2 Å². The molecule has 2 nitrogen and oxygen atoms in total. The van der Waals surface area contributed by atoms with Crippen molar-refractivity contribution in [2.24, 2.45) is 11.8 Å². The first-order valence-corrected chi connectivity index (χ1v) is 4.53. The van der Waals surface area contributed by atoms with Crippen LogP contribution in [-0.4, -0.2) is 6.10 Å². The Balaban J connectivity index is 2.02. The molecule has 64 valence electrons. The Hall–Kier alpha value is -0.970. The molecule has 0 radical (unpaired) electrons. The Kier molecular flexibility index (Phi) is 1.80. The Bertz CT molecular complexity index is 241. The van der Waals surface area contributed by atoms with E-state index in [2.05, 4.69) is 12.6 Å². The number of rotatable bonds is 0. The van der Waals surface area contributed by atoms with Crippen LogP contribution in [0.1, 0.15) is 25.7 Å². The van der Waals surface area contributed by atoms with Gasteiger partial charge in [0.2, 0.25) is 0 Å². The van der Waals surface area contributed by atoms with Crippen LogP contribution in [0.25, 0.3) is 0 Å². The van der Waals surface area contributed by atoms with Gasteiger partial charge in [0.15, 0.2) is 0 Å². The highest BCUT2D eigenvalue weighted by Crippen LogP contribution is 2.40. The molecule has 3 atom stereocenters. The SMILES string of the molecule is C=C1CC2CC(C#N)CCC2O1. The summed E-state index contributed by atoms with van der Waals surface area (Å²) >= 11 is 0. The van der Waals surface area contributed by atoms with Crippen molar-refractivity contribution in [2.45, 2.75) is 31.8 Å². The Labute approximate surface area is 72.8 Å². The lowest BCUT2D eigenvalue weighted by molar-refractivity contribution is 0.0879. The number of ether oxygens (including phenoxy) is 1. The smallest absolute Gasteiger partial charge is 0.101 e. The number of fused-ring (bicyclic) bond motifs is 1. The van der Waals surface area contributed by atoms with Gasteiger partial charge in [-0.15, -0.1) is 0 Å². The van der Waals surface area contributed by atoms with E-state index in [1.165, 1.54) is 0 Å². The van der Waals surface area contributed by atoms with Crippen LogP contribution in [0.2, 0.25) is 0 Å². The molecule has 0 aromatic rings. The number of nitrogens with zero attached hydrogens (tertiary/aromatic N) is 1. The van der Waals surface area contributed by atoms with Gasteiger partial charge in [-0.2, -0.15) is 5.26 Å². The van der Waals surface area contributed by atoms with E-state index in [4.69, 9.17) is 10.00 Å². The van der Waals surface area contributed by atoms with Crippen LogP contribution in [0.4, 0.5) is 0 Å². The van der Waals surface area contributed by atoms with Gasteiger partial charge in [0.1, 0.15) is 6.10 Å². The molecule has 0 amide bonds. The van der Waals surface area contributed by atoms with E-state index in [-0.39, 0.29) is 5.92 Å². The second-order valence-corrected chi connectivity index (χ2v) is 3.80. The molecule has 2 aliphatic rings. The quantitative estimate of drug-likeness (QED) is 0.548. The molecule has 0 aromatic carbocycles. The molecule has 3 unspecified atom stereocenters. The maximum Gasteiger partial charge on any atom is 0.101 e. The molecule has 1 saturated heterocycles. The monoisotopic (exact) mass is 163 g/mol. The summed E-state index contributed by atoms with van der Waals surface area (Å²) in [6, 6.07) is 2.35. The van der Waals surface area contributed by atoms with Crippen LogP contribution < -0.4 is 0 Å². The van der Waals surface area contributed by atoms with Crippen LogP contribution in [0.5, 0.6) is 0 Å². The van der Waals surface area contributed by atoms with E-state index >= 15 is 0 Å². The fourth-order valence-electron chi connectivity index (χ4n) is 2.28. The maximum absolute atomic E-state index is 8.76. The van der Waals surface area contributed by atoms with Crippen molar-refractivity contribution in [3.8, 4) is 6.07 Å². The van der Waals surface area contributed by atoms with E-state index in [0.29, 0.717) is 12.0 Å². The van der Waals surface area contributed by atoms with Crippen LogP contribution in [0.15, 0.2) is 12.3 Å². The third kappa shape index (κ3) is 1.20. The largest absolute Gasteiger partial charge is 0.495 e. The lowest BCUT2D eigenvalue weighted by Crippen LogP contribution is -2.24. The summed E-state index contributed by atoms with van der Waals surface area (Å²) in [6.45, 7) is 3.82. The first-order chi connectivity index (χ1) is 5.79. The highest BCUT2D eigenvalue weighted by molar-refractivity contribution is 5.02. The minimum absolute atomic E-state index is 0.265. The normalized spacial score (nSPS) is 39.9. The van der Waals surface area contributed by atoms with E-state index < -0.39 is 0 Å². The summed E-state index contributed by atoms with van der Waals surface area (Å²) in [5, 5.41) is 8.76. The summed E-state index contributed by atoms with van der Waals surface area (Å²) in [4.78, 5) is 0. The van der Waals surface area contributed by atoms with Gasteiger partial charge in [0.25, 0.3) is 0 Å². The second-order valence-electron chi connectivity index (χ2n) is 3.80. The molecular weight excluding hydrogens is 150 g/mol. The van der Waals surface area contributed by atoms with Gasteiger partial charge in [-0.3, -0.25) is 0 Å². The zero-order chi connectivity index (χ0) is 8.55. The molecule has 2 heteroatoms. The molecule has 2 rings (SSSR count). The van der Waals surface area contributed by atoms with Gasteiger partial charge >= 0.3 is 0 Å². The third-order valence-corrected chi connectivity index (χ3v) is 2.90. The Morgan fingerprint density at radius 2 is 2.33 bits per heavy atom. The lowest BCUT2D eigenvalue weighted by Gasteiger charge is -2.26. The molecule has 1 heterocycles. The molecular formula is C10H13NO. The zero-order valence-corrected chi connectivity index (χ0v) is 7.12. The van der Waals surface area contributed by atoms with E-state index in [1.54, 1.807) is 0 Å². The Morgan fingerprint density at radius 3 is 3.08 bits per heavy atom. The van der Waals surface area contributed by atoms with Crippen LogP contribution >= 0.6 is 0 Å². The number of hydrogen-bond donors (Lipinski definition) is 0. The number of hydrogen-bond acceptors (Lipinski definition) is 2. The topological polar surface area (TPSA) is 33.0 Å². The van der Waals surface area contributed by atoms with Crippen molar-refractivity contribution < 1.29 is 4.74 Å². The van der Waals surface area contributed by atoms with Crippen molar-refractivity contribution >= 4 is 0 Å². The molecule has 2 fully saturated rings. The molecule has 1 aliphatic carbocycles. The molecule has 1 aliphatic heterocycles. The minimum Gasteiger partial charge on any atom is -0.495 e. The summed E-state index contributed by atoms with van der Waals surface area (Å²) < 4.78 is 5.55. The predicted molar refractivity (Wildman–Crippen MR) is 45.1 cm³/mol. The fraction of sp³-hybridized carbons (Fsp3) is 0.700. The summed E-state index contributed by atoms with van der Waals surface area (Å²) in [5.41, 5.74) is 0. The van der Waals surface area contributed by atoms with E-state index in [9.17, 15) is 0 Å². The predicted octanol–water partition coefficient (Wildman–Crippen LogP) is 2.23. The zero-order valence-electron chi connectivity index (χ0n) is 7.12. The van der Waals surface area contributed by atoms with Gasteiger partial charge < -0.3 is 4.74 Å². The summed E-state index contributed by atoms with van der Waals surface area (Å²) in [7, 11) is 0. The molecule has 0 bridgehead atoms. The third-order valence-electron chi connectivity index (χ3n) is 2.90. The minimum atomic E-state index is 0.265. The van der Waals surface area contributed by atoms with Crippen molar-refractivity contribution in [3.05, 3.63) is 12.3 Å². The highest BCUT2D eigenvalue weighted by atomic mass is 16.5. The Morgan fingerprint density at radius 1 is 1.50 bits per heavy atom.